The van der Waals surface area contributed by atoms with Gasteiger partial charge in [0.1, 0.15) is 5.82 Å². The van der Waals surface area contributed by atoms with Gasteiger partial charge < -0.3 is 10.2 Å². The van der Waals surface area contributed by atoms with Crippen LogP contribution in [0, 0.1) is 5.82 Å². The number of fused-ring (bicyclic) bond motifs is 1. The fourth-order valence-electron chi connectivity index (χ4n) is 4.25. The fourth-order valence-corrected chi connectivity index (χ4v) is 4.37. The summed E-state index contributed by atoms with van der Waals surface area (Å²) in [6, 6.07) is 8.00. The Morgan fingerprint density at radius 2 is 1.81 bits per heavy atom. The van der Waals surface area contributed by atoms with Crippen molar-refractivity contribution in [3.05, 3.63) is 70.0 Å². The fraction of sp³-hybridized carbons (Fsp3) is 0.364. The van der Waals surface area contributed by atoms with E-state index in [0.717, 1.165) is 18.2 Å². The summed E-state index contributed by atoms with van der Waals surface area (Å²) in [6.45, 7) is 2.00. The van der Waals surface area contributed by atoms with Crippen molar-refractivity contribution in [2.45, 2.75) is 24.7 Å². The third-order valence-electron chi connectivity index (χ3n) is 5.86. The molecule has 2 atom stereocenters. The lowest BCUT2D eigenvalue weighted by Gasteiger charge is -2.37. The Bertz CT molecular complexity index is 1050. The zero-order valence-electron chi connectivity index (χ0n) is 16.8. The van der Waals surface area contributed by atoms with E-state index in [1.54, 1.807) is 4.90 Å². The van der Waals surface area contributed by atoms with Gasteiger partial charge in [-0.3, -0.25) is 14.5 Å². The summed E-state index contributed by atoms with van der Waals surface area (Å²) in [6.07, 6.45) is -3.96. The van der Waals surface area contributed by atoms with E-state index in [0.29, 0.717) is 32.6 Å². The number of alkyl halides is 3. The smallest absolute Gasteiger partial charge is 0.348 e. The van der Waals surface area contributed by atoms with Crippen LogP contribution in [0.15, 0.2) is 42.5 Å². The molecular weight excluding hydrogens is 450 g/mol. The molecule has 2 heterocycles. The van der Waals surface area contributed by atoms with Gasteiger partial charge in [0.25, 0.3) is 11.8 Å². The van der Waals surface area contributed by atoms with Crippen molar-refractivity contribution in [1.29, 1.82) is 0 Å². The molecule has 0 aliphatic carbocycles. The Labute approximate surface area is 186 Å². The van der Waals surface area contributed by atoms with Gasteiger partial charge in [0.15, 0.2) is 0 Å². The number of piperazine rings is 1. The van der Waals surface area contributed by atoms with Crippen molar-refractivity contribution in [3.8, 4) is 0 Å². The van der Waals surface area contributed by atoms with Crippen molar-refractivity contribution in [2.24, 2.45) is 0 Å². The van der Waals surface area contributed by atoms with Crippen LogP contribution < -0.4 is 5.32 Å². The standard InChI is InChI=1S/C22H20ClF4N3O2/c23-18-5-4-14(9-19(18)24)21(32)30-7-6-29-11-16(10-17(29)12-30)28-20(31)13-2-1-3-15(8-13)22(25,26)27/h1-5,8-9,16-17H,6-7,10-12H2,(H,28,31)/t16-,17-/m0/s1. The molecule has 4 rings (SSSR count). The SMILES string of the molecule is O=C(N[C@H]1C[C@H]2CN(C(=O)c3ccc(Cl)c(F)c3)CCN2C1)c1cccc(C(F)(F)F)c1. The number of amides is 2. The predicted molar refractivity (Wildman–Crippen MR) is 110 cm³/mol. The van der Waals surface area contributed by atoms with Crippen LogP contribution in [-0.2, 0) is 6.18 Å². The number of carbonyl (C=O) groups excluding carboxylic acids is 2. The van der Waals surface area contributed by atoms with Crippen LogP contribution in [-0.4, -0.2) is 59.9 Å². The zero-order valence-corrected chi connectivity index (χ0v) is 17.6. The molecule has 0 spiro atoms. The van der Waals surface area contributed by atoms with Gasteiger partial charge in [0, 0.05) is 49.4 Å². The van der Waals surface area contributed by atoms with Gasteiger partial charge in [0.05, 0.1) is 10.6 Å². The second-order valence-corrected chi connectivity index (χ2v) is 8.42. The molecule has 2 aliphatic heterocycles. The van der Waals surface area contributed by atoms with E-state index in [2.05, 4.69) is 10.2 Å². The number of benzene rings is 2. The molecule has 0 aromatic heterocycles. The maximum atomic E-state index is 13.7. The van der Waals surface area contributed by atoms with E-state index in [1.807, 2.05) is 0 Å². The normalized spacial score (nSPS) is 21.3. The summed E-state index contributed by atoms with van der Waals surface area (Å²) >= 11 is 5.68. The van der Waals surface area contributed by atoms with Crippen LogP contribution in [0.1, 0.15) is 32.7 Å². The van der Waals surface area contributed by atoms with Crippen LogP contribution in [0.5, 0.6) is 0 Å². The molecule has 2 saturated heterocycles. The maximum Gasteiger partial charge on any atom is 0.416 e. The molecule has 170 valence electrons. The van der Waals surface area contributed by atoms with Crippen molar-refractivity contribution >= 4 is 23.4 Å². The summed E-state index contributed by atoms with van der Waals surface area (Å²) in [7, 11) is 0. The lowest BCUT2D eigenvalue weighted by atomic mass is 10.1. The van der Waals surface area contributed by atoms with Crippen molar-refractivity contribution in [2.75, 3.05) is 26.2 Å². The largest absolute Gasteiger partial charge is 0.416 e. The van der Waals surface area contributed by atoms with Crippen molar-refractivity contribution in [1.82, 2.24) is 15.1 Å². The van der Waals surface area contributed by atoms with Crippen molar-refractivity contribution in [3.63, 3.8) is 0 Å². The van der Waals surface area contributed by atoms with Gasteiger partial charge in [-0.15, -0.1) is 0 Å². The summed E-state index contributed by atoms with van der Waals surface area (Å²) in [4.78, 5) is 29.0. The lowest BCUT2D eigenvalue weighted by molar-refractivity contribution is -0.137. The van der Waals surface area contributed by atoms with Gasteiger partial charge >= 0.3 is 6.18 Å². The molecule has 32 heavy (non-hydrogen) atoms. The maximum absolute atomic E-state index is 13.7. The molecule has 5 nitrogen and oxygen atoms in total. The highest BCUT2D eigenvalue weighted by Crippen LogP contribution is 2.30. The number of halogens is 5. The highest BCUT2D eigenvalue weighted by Gasteiger charge is 2.38. The highest BCUT2D eigenvalue weighted by molar-refractivity contribution is 6.30. The second-order valence-electron chi connectivity index (χ2n) is 8.01. The number of rotatable bonds is 3. The third kappa shape index (κ3) is 4.73. The van der Waals surface area contributed by atoms with E-state index in [9.17, 15) is 27.2 Å². The lowest BCUT2D eigenvalue weighted by Crippen LogP contribution is -2.52. The molecular formula is C22H20ClF4N3O2. The first-order chi connectivity index (χ1) is 15.1. The van der Waals surface area contributed by atoms with Gasteiger partial charge in [-0.25, -0.2) is 4.39 Å². The van der Waals surface area contributed by atoms with Gasteiger partial charge in [-0.1, -0.05) is 17.7 Å². The van der Waals surface area contributed by atoms with Crippen LogP contribution in [0.3, 0.4) is 0 Å². The van der Waals surface area contributed by atoms with E-state index < -0.39 is 23.5 Å². The number of hydrogen-bond acceptors (Lipinski definition) is 3. The summed E-state index contributed by atoms with van der Waals surface area (Å²) in [5.41, 5.74) is -0.708. The minimum absolute atomic E-state index is 0.00310. The molecule has 0 saturated carbocycles. The monoisotopic (exact) mass is 469 g/mol. The van der Waals surface area contributed by atoms with E-state index in [-0.39, 0.29) is 34.1 Å². The first kappa shape index (κ1) is 22.5. The number of carbonyl (C=O) groups is 2. The Kier molecular flexibility index (Phi) is 6.13. The molecule has 0 bridgehead atoms. The molecule has 0 radical (unpaired) electrons. The van der Waals surface area contributed by atoms with E-state index >= 15 is 0 Å². The molecule has 1 N–H and O–H groups in total. The molecule has 2 aromatic rings. The van der Waals surface area contributed by atoms with E-state index in [1.165, 1.54) is 24.3 Å². The first-order valence-corrected chi connectivity index (χ1v) is 10.5. The van der Waals surface area contributed by atoms with E-state index in [4.69, 9.17) is 11.6 Å². The molecule has 2 aromatic carbocycles. The minimum atomic E-state index is -4.52. The number of hydrogen-bond donors (Lipinski definition) is 1. The highest BCUT2D eigenvalue weighted by atomic mass is 35.5. The molecule has 0 unspecified atom stereocenters. The van der Waals surface area contributed by atoms with Gasteiger partial charge in [-0.2, -0.15) is 13.2 Å². The molecule has 2 aliphatic rings. The van der Waals surface area contributed by atoms with Crippen molar-refractivity contribution < 1.29 is 27.2 Å². The summed E-state index contributed by atoms with van der Waals surface area (Å²) in [5, 5.41) is 2.75. The van der Waals surface area contributed by atoms with Gasteiger partial charge in [0.2, 0.25) is 0 Å². The predicted octanol–water partition coefficient (Wildman–Crippen LogP) is 3.83. The van der Waals surface area contributed by atoms with Crippen LogP contribution in [0.25, 0.3) is 0 Å². The third-order valence-corrected chi connectivity index (χ3v) is 6.16. The van der Waals surface area contributed by atoms with Gasteiger partial charge in [-0.05, 0) is 42.8 Å². The molecule has 2 fully saturated rings. The van der Waals surface area contributed by atoms with Crippen LogP contribution in [0.2, 0.25) is 5.02 Å². The minimum Gasteiger partial charge on any atom is -0.348 e. The number of nitrogens with zero attached hydrogens (tertiary/aromatic N) is 2. The molecule has 2 amide bonds. The zero-order chi connectivity index (χ0) is 23.0. The average molecular weight is 470 g/mol. The Balaban J connectivity index is 1.37. The Morgan fingerprint density at radius 3 is 2.53 bits per heavy atom. The van der Waals surface area contributed by atoms with Crippen LogP contribution >= 0.6 is 11.6 Å². The summed E-state index contributed by atoms with van der Waals surface area (Å²) in [5.74, 6) is -1.52. The first-order valence-electron chi connectivity index (χ1n) is 10.1. The molecule has 10 heteroatoms. The second kappa shape index (κ2) is 8.71. The number of nitrogens with one attached hydrogen (secondary N) is 1. The quantitative estimate of drug-likeness (QED) is 0.695. The topological polar surface area (TPSA) is 52.7 Å². The Morgan fingerprint density at radius 1 is 1.03 bits per heavy atom. The average Bonchev–Trinajstić information content (AvgIpc) is 3.16. The Hall–Kier alpha value is -2.65. The summed E-state index contributed by atoms with van der Waals surface area (Å²) < 4.78 is 52.4. The van der Waals surface area contributed by atoms with Crippen LogP contribution in [0.4, 0.5) is 17.6 Å².